The van der Waals surface area contributed by atoms with Crippen molar-refractivity contribution in [3.05, 3.63) is 36.5 Å². The zero-order chi connectivity index (χ0) is 47.5. The molecule has 0 fully saturated rings. The zero-order valence-corrected chi connectivity index (χ0v) is 42.2. The van der Waals surface area contributed by atoms with E-state index in [0.717, 1.165) is 128 Å². The van der Waals surface area contributed by atoms with Crippen LogP contribution >= 0.6 is 0 Å². The highest BCUT2D eigenvalue weighted by Gasteiger charge is 2.29. The van der Waals surface area contributed by atoms with Crippen LogP contribution in [0.25, 0.3) is 0 Å². The lowest BCUT2D eigenvalue weighted by Gasteiger charge is -2.26. The maximum absolute atomic E-state index is 13.7. The van der Waals surface area contributed by atoms with Gasteiger partial charge in [-0.25, -0.2) is 0 Å². The molecule has 0 aliphatic heterocycles. The van der Waals surface area contributed by atoms with Crippen molar-refractivity contribution in [2.75, 3.05) is 13.2 Å². The highest BCUT2D eigenvalue weighted by molar-refractivity contribution is 5.72. The second kappa shape index (κ2) is 51.0. The first-order valence-electron chi connectivity index (χ1n) is 27.7. The Kier molecular flexibility index (Phi) is 49.0. The molecule has 0 saturated carbocycles. The number of hydrogen-bond acceptors (Lipinski definition) is 6. The molecule has 8 heteroatoms. The molecule has 0 rings (SSSR count). The second-order valence-corrected chi connectivity index (χ2v) is 19.3. The standard InChI is InChI=1S/C57H104O8/c1-2-3-4-5-6-7-8-15-20-25-30-35-40-45-52(46-41-36-31-26-21-16-11-9-13-18-23-28-33-38-43-48-55(60)61)54(57(64)65-51-53(59)50-58)47-42-37-32-27-22-17-12-10-14-19-24-29-34-39-44-49-56(62)63/h10,14-15,17,20,22,52-54,58-59H,2-9,11-13,16,18-19,21,23-51H2,1H3,(H,60,61)(H,62,63)/b14-10-,20-15-,22-17-. The number of esters is 1. The van der Waals surface area contributed by atoms with Gasteiger partial charge in [0.1, 0.15) is 12.7 Å². The predicted octanol–water partition coefficient (Wildman–Crippen LogP) is 16.4. The normalized spacial score (nSPS) is 13.3. The summed E-state index contributed by atoms with van der Waals surface area (Å²) in [7, 11) is 0. The molecule has 0 amide bonds. The van der Waals surface area contributed by atoms with Gasteiger partial charge in [-0.2, -0.15) is 0 Å². The molecule has 4 N–H and O–H groups in total. The predicted molar refractivity (Wildman–Crippen MR) is 273 cm³/mol. The van der Waals surface area contributed by atoms with Crippen molar-refractivity contribution in [1.29, 1.82) is 0 Å². The Hall–Kier alpha value is -2.45. The van der Waals surface area contributed by atoms with E-state index in [4.69, 9.17) is 14.9 Å². The van der Waals surface area contributed by atoms with Gasteiger partial charge in [-0.1, -0.05) is 210 Å². The zero-order valence-electron chi connectivity index (χ0n) is 42.2. The first-order chi connectivity index (χ1) is 31.8. The summed E-state index contributed by atoms with van der Waals surface area (Å²) < 4.78 is 5.67. The fourth-order valence-electron chi connectivity index (χ4n) is 8.91. The number of unbranched alkanes of at least 4 members (excludes halogenated alkanes) is 31. The first-order valence-corrected chi connectivity index (χ1v) is 27.7. The number of carbonyl (C=O) groups is 3. The quantitative estimate of drug-likeness (QED) is 0.0269. The number of hydrogen-bond donors (Lipinski definition) is 4. The third-order valence-electron chi connectivity index (χ3n) is 13.1. The highest BCUT2D eigenvalue weighted by Crippen LogP contribution is 2.31. The van der Waals surface area contributed by atoms with Crippen molar-refractivity contribution >= 4 is 17.9 Å². The highest BCUT2D eigenvalue weighted by atomic mass is 16.5. The van der Waals surface area contributed by atoms with Crippen LogP contribution in [0.1, 0.15) is 277 Å². The molecule has 0 aliphatic carbocycles. The topological polar surface area (TPSA) is 141 Å². The summed E-state index contributed by atoms with van der Waals surface area (Å²) >= 11 is 0. The maximum atomic E-state index is 13.7. The number of allylic oxidation sites excluding steroid dienone is 6. The fraction of sp³-hybridized carbons (Fsp3) is 0.842. The molecule has 0 heterocycles. The summed E-state index contributed by atoms with van der Waals surface area (Å²) in [6.07, 6.45) is 59.8. The number of ether oxygens (including phenoxy) is 1. The Morgan fingerprint density at radius 2 is 0.754 bits per heavy atom. The monoisotopic (exact) mass is 917 g/mol. The van der Waals surface area contributed by atoms with Crippen LogP contribution in [0.4, 0.5) is 0 Å². The third kappa shape index (κ3) is 47.8. The molecule has 0 aliphatic rings. The lowest BCUT2D eigenvalue weighted by molar-refractivity contribution is -0.155. The van der Waals surface area contributed by atoms with E-state index in [1.54, 1.807) is 0 Å². The molecule has 0 bridgehead atoms. The summed E-state index contributed by atoms with van der Waals surface area (Å²) in [6, 6.07) is 0. The van der Waals surface area contributed by atoms with Gasteiger partial charge in [-0.15, -0.1) is 0 Å². The van der Waals surface area contributed by atoms with Gasteiger partial charge in [0, 0.05) is 12.8 Å². The van der Waals surface area contributed by atoms with Crippen molar-refractivity contribution < 1.29 is 39.5 Å². The smallest absolute Gasteiger partial charge is 0.309 e. The molecule has 0 aromatic carbocycles. The van der Waals surface area contributed by atoms with Crippen molar-refractivity contribution in [2.24, 2.45) is 11.8 Å². The molecule has 0 radical (unpaired) electrons. The van der Waals surface area contributed by atoms with Crippen LogP contribution in [0.15, 0.2) is 36.5 Å². The van der Waals surface area contributed by atoms with Gasteiger partial charge >= 0.3 is 17.9 Å². The lowest BCUT2D eigenvalue weighted by atomic mass is 9.80. The average molecular weight is 917 g/mol. The molecule has 8 nitrogen and oxygen atoms in total. The van der Waals surface area contributed by atoms with Gasteiger partial charge in [0.25, 0.3) is 0 Å². The van der Waals surface area contributed by atoms with Gasteiger partial charge in [0.05, 0.1) is 12.5 Å². The van der Waals surface area contributed by atoms with E-state index >= 15 is 0 Å². The Morgan fingerprint density at radius 3 is 1.14 bits per heavy atom. The Morgan fingerprint density at radius 1 is 0.431 bits per heavy atom. The van der Waals surface area contributed by atoms with Crippen molar-refractivity contribution in [1.82, 2.24) is 0 Å². The molecule has 3 unspecified atom stereocenters. The minimum Gasteiger partial charge on any atom is -0.481 e. The Balaban J connectivity index is 4.86. The summed E-state index contributed by atoms with van der Waals surface area (Å²) in [4.78, 5) is 34.9. The van der Waals surface area contributed by atoms with Gasteiger partial charge in [-0.05, 0) is 95.8 Å². The average Bonchev–Trinajstić information content (AvgIpc) is 3.29. The number of carboxylic acids is 2. The molecular weight excluding hydrogens is 813 g/mol. The van der Waals surface area contributed by atoms with Crippen LogP contribution in [0.3, 0.4) is 0 Å². The van der Waals surface area contributed by atoms with Gasteiger partial charge in [0.15, 0.2) is 0 Å². The molecule has 0 aromatic rings. The fourth-order valence-corrected chi connectivity index (χ4v) is 8.91. The van der Waals surface area contributed by atoms with Crippen molar-refractivity contribution in [2.45, 2.75) is 283 Å². The maximum Gasteiger partial charge on any atom is 0.309 e. The van der Waals surface area contributed by atoms with E-state index in [9.17, 15) is 24.6 Å². The molecular formula is C57H104O8. The largest absolute Gasteiger partial charge is 0.481 e. The van der Waals surface area contributed by atoms with Crippen LogP contribution in [0.2, 0.25) is 0 Å². The SMILES string of the molecule is CCCCCCCC/C=C\CCCCCC(CCCCCCCCCCCCCCCCCC(=O)O)C(CCCCC/C=C\C/C=C\CCCCCCCC(=O)O)C(=O)OCC(O)CO. The molecule has 3 atom stereocenters. The number of aliphatic hydroxyl groups excluding tert-OH is 2. The summed E-state index contributed by atoms with van der Waals surface area (Å²) in [5, 5.41) is 36.9. The lowest BCUT2D eigenvalue weighted by Crippen LogP contribution is -2.30. The van der Waals surface area contributed by atoms with Crippen LogP contribution in [-0.4, -0.2) is 57.7 Å². The summed E-state index contributed by atoms with van der Waals surface area (Å²) in [5.41, 5.74) is 0. The van der Waals surface area contributed by atoms with Crippen molar-refractivity contribution in [3.8, 4) is 0 Å². The number of rotatable bonds is 52. The minimum absolute atomic E-state index is 0.145. The van der Waals surface area contributed by atoms with E-state index in [0.29, 0.717) is 6.42 Å². The molecule has 0 saturated heterocycles. The summed E-state index contributed by atoms with van der Waals surface area (Å²) in [5.74, 6) is -1.46. The van der Waals surface area contributed by atoms with E-state index in [1.807, 2.05) is 0 Å². The number of aliphatic carboxylic acids is 2. The molecule has 0 spiro atoms. The Labute approximate surface area is 400 Å². The van der Waals surface area contributed by atoms with E-state index in [-0.39, 0.29) is 30.8 Å². The number of aliphatic hydroxyl groups is 2. The Bertz CT molecular complexity index is 1130. The van der Waals surface area contributed by atoms with Crippen LogP contribution in [-0.2, 0) is 19.1 Å². The minimum atomic E-state index is -1.04. The first kappa shape index (κ1) is 62.5. The number of carboxylic acid groups (broad SMARTS) is 2. The van der Waals surface area contributed by atoms with Gasteiger partial charge in [0.2, 0.25) is 0 Å². The number of carbonyl (C=O) groups excluding carboxylic acids is 1. The van der Waals surface area contributed by atoms with Crippen LogP contribution in [0.5, 0.6) is 0 Å². The molecule has 380 valence electrons. The second-order valence-electron chi connectivity index (χ2n) is 19.3. The van der Waals surface area contributed by atoms with E-state index in [1.165, 1.54) is 128 Å². The molecule has 0 aromatic heterocycles. The molecule has 65 heavy (non-hydrogen) atoms. The van der Waals surface area contributed by atoms with E-state index in [2.05, 4.69) is 43.4 Å². The van der Waals surface area contributed by atoms with Crippen LogP contribution in [0, 0.1) is 11.8 Å². The summed E-state index contributed by atoms with van der Waals surface area (Å²) in [6.45, 7) is 1.71. The van der Waals surface area contributed by atoms with Crippen molar-refractivity contribution in [3.63, 3.8) is 0 Å². The van der Waals surface area contributed by atoms with Crippen LogP contribution < -0.4 is 0 Å². The third-order valence-corrected chi connectivity index (χ3v) is 13.1. The van der Waals surface area contributed by atoms with Gasteiger partial charge < -0.3 is 25.2 Å². The van der Waals surface area contributed by atoms with Gasteiger partial charge in [-0.3, -0.25) is 14.4 Å². The van der Waals surface area contributed by atoms with E-state index < -0.39 is 24.6 Å².